The third-order valence-corrected chi connectivity index (χ3v) is 6.22. The van der Waals surface area contributed by atoms with Crippen LogP contribution in [0.15, 0.2) is 30.5 Å². The number of carbonyl (C=O) groups excluding carboxylic acids is 1. The maximum atomic E-state index is 12.6. The number of benzene rings is 1. The first-order chi connectivity index (χ1) is 11.5. The lowest BCUT2D eigenvalue weighted by Gasteiger charge is -2.63. The molecule has 2 aliphatic rings. The maximum Gasteiger partial charge on any atom is 0.240 e. The number of nitrogens with one attached hydrogen (secondary N) is 1. The van der Waals surface area contributed by atoms with Crippen LogP contribution in [0.2, 0.25) is 0 Å². The fourth-order valence-electron chi connectivity index (χ4n) is 4.74. The molecular formula is C19H26N4O. The lowest BCUT2D eigenvalue weighted by molar-refractivity contribution is -0.135. The maximum absolute atomic E-state index is 12.6. The van der Waals surface area contributed by atoms with Crippen LogP contribution in [-0.2, 0) is 11.3 Å². The summed E-state index contributed by atoms with van der Waals surface area (Å²) in [5.74, 6) is 0.100. The van der Waals surface area contributed by atoms with Crippen molar-refractivity contribution in [3.8, 4) is 0 Å². The number of aromatic nitrogens is 1. The van der Waals surface area contributed by atoms with Crippen LogP contribution in [0.5, 0.6) is 0 Å². The van der Waals surface area contributed by atoms with Gasteiger partial charge in [-0.2, -0.15) is 0 Å². The molecule has 1 aromatic carbocycles. The molecule has 1 heterocycles. The number of anilines is 1. The molecule has 128 valence electrons. The van der Waals surface area contributed by atoms with E-state index in [1.54, 1.807) is 0 Å². The molecular weight excluding hydrogens is 300 g/mol. The van der Waals surface area contributed by atoms with Gasteiger partial charge in [-0.05, 0) is 51.6 Å². The van der Waals surface area contributed by atoms with Gasteiger partial charge in [0.2, 0.25) is 5.91 Å². The van der Waals surface area contributed by atoms with E-state index in [1.165, 1.54) is 19.3 Å². The highest BCUT2D eigenvalue weighted by atomic mass is 16.2. The van der Waals surface area contributed by atoms with Crippen molar-refractivity contribution in [1.29, 1.82) is 0 Å². The van der Waals surface area contributed by atoms with E-state index in [2.05, 4.69) is 24.3 Å². The second kappa shape index (κ2) is 5.52. The predicted molar refractivity (Wildman–Crippen MR) is 96.7 cm³/mol. The summed E-state index contributed by atoms with van der Waals surface area (Å²) in [4.78, 5) is 14.9. The van der Waals surface area contributed by atoms with Gasteiger partial charge < -0.3 is 20.5 Å². The molecule has 2 saturated carbocycles. The molecule has 0 bridgehead atoms. The van der Waals surface area contributed by atoms with E-state index in [-0.39, 0.29) is 5.91 Å². The molecule has 4 rings (SSSR count). The van der Waals surface area contributed by atoms with Gasteiger partial charge in [0.1, 0.15) is 6.54 Å². The molecule has 0 saturated heterocycles. The van der Waals surface area contributed by atoms with Crippen molar-refractivity contribution in [2.75, 3.05) is 19.8 Å². The summed E-state index contributed by atoms with van der Waals surface area (Å²) in [5.41, 5.74) is 8.09. The van der Waals surface area contributed by atoms with Crippen LogP contribution in [0.3, 0.4) is 0 Å². The fourth-order valence-corrected chi connectivity index (χ4v) is 4.74. The van der Waals surface area contributed by atoms with Gasteiger partial charge in [0, 0.05) is 34.8 Å². The molecule has 0 radical (unpaired) electrons. The Kier molecular flexibility index (Phi) is 3.57. The standard InChI is InChI=1S/C19H26N4O/c1-22(2)17-11-16(19(17)8-4-9-19)21-18(24)12-23-10-7-13-14(20)5-3-6-15(13)23/h3,5-7,10,16-17H,4,8-9,11-12,20H2,1-2H3,(H,21,24). The molecule has 24 heavy (non-hydrogen) atoms. The zero-order valence-electron chi connectivity index (χ0n) is 14.5. The second-order valence-corrected chi connectivity index (χ2v) is 7.65. The average molecular weight is 326 g/mol. The summed E-state index contributed by atoms with van der Waals surface area (Å²) >= 11 is 0. The van der Waals surface area contributed by atoms with Crippen LogP contribution in [0.1, 0.15) is 25.7 Å². The number of hydrogen-bond acceptors (Lipinski definition) is 3. The van der Waals surface area contributed by atoms with Gasteiger partial charge in [-0.3, -0.25) is 4.79 Å². The lowest BCUT2D eigenvalue weighted by Crippen LogP contribution is -2.70. The Morgan fingerprint density at radius 2 is 2.17 bits per heavy atom. The zero-order chi connectivity index (χ0) is 16.9. The van der Waals surface area contributed by atoms with Crippen LogP contribution in [0.25, 0.3) is 10.9 Å². The Balaban J connectivity index is 1.45. The lowest BCUT2D eigenvalue weighted by atomic mass is 9.49. The molecule has 2 aromatic rings. The third kappa shape index (κ3) is 2.22. The number of hydrogen-bond donors (Lipinski definition) is 2. The van der Waals surface area contributed by atoms with Gasteiger partial charge >= 0.3 is 0 Å². The number of nitrogens with two attached hydrogens (primary N) is 1. The highest BCUT2D eigenvalue weighted by Gasteiger charge is 2.59. The van der Waals surface area contributed by atoms with E-state index in [4.69, 9.17) is 5.73 Å². The van der Waals surface area contributed by atoms with Gasteiger partial charge in [0.25, 0.3) is 0 Å². The van der Waals surface area contributed by atoms with E-state index in [1.807, 2.05) is 35.0 Å². The van der Waals surface area contributed by atoms with Crippen molar-refractivity contribution in [3.63, 3.8) is 0 Å². The largest absolute Gasteiger partial charge is 0.398 e. The van der Waals surface area contributed by atoms with Crippen LogP contribution in [0, 0.1) is 5.41 Å². The molecule has 5 nitrogen and oxygen atoms in total. The second-order valence-electron chi connectivity index (χ2n) is 7.65. The Morgan fingerprint density at radius 3 is 2.83 bits per heavy atom. The monoisotopic (exact) mass is 326 g/mol. The summed E-state index contributed by atoms with van der Waals surface area (Å²) in [6.45, 7) is 0.353. The van der Waals surface area contributed by atoms with E-state index >= 15 is 0 Å². The van der Waals surface area contributed by atoms with Crippen molar-refractivity contribution >= 4 is 22.5 Å². The molecule has 5 heteroatoms. The quantitative estimate of drug-likeness (QED) is 0.847. The van der Waals surface area contributed by atoms with Crippen molar-refractivity contribution < 1.29 is 4.79 Å². The van der Waals surface area contributed by atoms with Crippen molar-refractivity contribution in [3.05, 3.63) is 30.5 Å². The first-order valence-electron chi connectivity index (χ1n) is 8.80. The summed E-state index contributed by atoms with van der Waals surface area (Å²) in [6.07, 6.45) is 6.78. The van der Waals surface area contributed by atoms with Gasteiger partial charge in [0.05, 0.1) is 5.52 Å². The van der Waals surface area contributed by atoms with Gasteiger partial charge in [0.15, 0.2) is 0 Å². The van der Waals surface area contributed by atoms with Crippen LogP contribution in [-0.4, -0.2) is 41.6 Å². The Bertz CT molecular complexity index is 775. The number of fused-ring (bicyclic) bond motifs is 1. The molecule has 0 aliphatic heterocycles. The number of carbonyl (C=O) groups is 1. The van der Waals surface area contributed by atoms with Gasteiger partial charge in [-0.15, -0.1) is 0 Å². The van der Waals surface area contributed by atoms with Crippen LogP contribution in [0.4, 0.5) is 5.69 Å². The molecule has 1 spiro atoms. The van der Waals surface area contributed by atoms with E-state index in [0.29, 0.717) is 24.0 Å². The zero-order valence-corrected chi connectivity index (χ0v) is 14.5. The van der Waals surface area contributed by atoms with Crippen LogP contribution >= 0.6 is 0 Å². The Morgan fingerprint density at radius 1 is 1.38 bits per heavy atom. The molecule has 3 N–H and O–H groups in total. The molecule has 1 aromatic heterocycles. The minimum Gasteiger partial charge on any atom is -0.398 e. The minimum atomic E-state index is 0.100. The van der Waals surface area contributed by atoms with Crippen molar-refractivity contribution in [2.45, 2.75) is 44.3 Å². The normalized spacial score (nSPS) is 24.8. The summed E-state index contributed by atoms with van der Waals surface area (Å²) in [5, 5.41) is 4.31. The first kappa shape index (κ1) is 15.5. The topological polar surface area (TPSA) is 63.3 Å². The Labute approximate surface area is 142 Å². The first-order valence-corrected chi connectivity index (χ1v) is 8.80. The van der Waals surface area contributed by atoms with E-state index in [9.17, 15) is 4.79 Å². The average Bonchev–Trinajstić information content (AvgIpc) is 2.85. The summed E-state index contributed by atoms with van der Waals surface area (Å²) < 4.78 is 1.98. The third-order valence-electron chi connectivity index (χ3n) is 6.22. The Hall–Kier alpha value is -2.01. The van der Waals surface area contributed by atoms with Crippen LogP contribution < -0.4 is 11.1 Å². The van der Waals surface area contributed by atoms with Crippen molar-refractivity contribution in [1.82, 2.24) is 14.8 Å². The van der Waals surface area contributed by atoms with E-state index < -0.39 is 0 Å². The minimum absolute atomic E-state index is 0.100. The van der Waals surface area contributed by atoms with Crippen molar-refractivity contribution in [2.24, 2.45) is 5.41 Å². The van der Waals surface area contributed by atoms with E-state index in [0.717, 1.165) is 23.0 Å². The molecule has 2 atom stereocenters. The number of rotatable bonds is 4. The smallest absolute Gasteiger partial charge is 0.240 e. The predicted octanol–water partition coefficient (Wildman–Crippen LogP) is 2.21. The highest BCUT2D eigenvalue weighted by Crippen LogP contribution is 2.57. The highest BCUT2D eigenvalue weighted by molar-refractivity contribution is 5.92. The number of nitrogen functional groups attached to an aromatic ring is 1. The number of nitrogens with zero attached hydrogens (tertiary/aromatic N) is 2. The molecule has 2 fully saturated rings. The molecule has 2 aliphatic carbocycles. The SMILES string of the molecule is CN(C)C1CC(NC(=O)Cn2ccc3c(N)cccc32)C12CCC2. The summed E-state index contributed by atoms with van der Waals surface area (Å²) in [7, 11) is 4.30. The molecule has 2 unspecified atom stereocenters. The molecule has 1 amide bonds. The fraction of sp³-hybridized carbons (Fsp3) is 0.526. The number of amides is 1. The van der Waals surface area contributed by atoms with Gasteiger partial charge in [-0.25, -0.2) is 0 Å². The summed E-state index contributed by atoms with van der Waals surface area (Å²) in [6, 6.07) is 8.77. The van der Waals surface area contributed by atoms with Gasteiger partial charge in [-0.1, -0.05) is 12.5 Å².